The lowest BCUT2D eigenvalue weighted by molar-refractivity contribution is -0.135. The van der Waals surface area contributed by atoms with Crippen molar-refractivity contribution in [2.75, 3.05) is 25.7 Å². The van der Waals surface area contributed by atoms with E-state index in [1.807, 2.05) is 30.3 Å². The van der Waals surface area contributed by atoms with Crippen molar-refractivity contribution in [3.8, 4) is 34.1 Å². The Morgan fingerprint density at radius 1 is 0.789 bits per heavy atom. The Labute approximate surface area is 236 Å². The molecular formula is C29H23Br2NO6. The molecule has 194 valence electrons. The minimum Gasteiger partial charge on any atom is -0.496 e. The van der Waals surface area contributed by atoms with Crippen LogP contribution < -0.4 is 19.1 Å². The van der Waals surface area contributed by atoms with E-state index >= 15 is 0 Å². The Balaban J connectivity index is 1.70. The van der Waals surface area contributed by atoms with Crippen LogP contribution >= 0.6 is 31.9 Å². The molecule has 1 amide bonds. The Bertz CT molecular complexity index is 1450. The van der Waals surface area contributed by atoms with Crippen molar-refractivity contribution in [3.63, 3.8) is 0 Å². The highest BCUT2D eigenvalue weighted by Crippen LogP contribution is 2.43. The van der Waals surface area contributed by atoms with Crippen molar-refractivity contribution in [2.45, 2.75) is 0 Å². The molecule has 7 nitrogen and oxygen atoms in total. The molecule has 0 atom stereocenters. The van der Waals surface area contributed by atoms with Crippen LogP contribution in [-0.4, -0.2) is 37.7 Å². The molecule has 0 aliphatic rings. The molecule has 4 aromatic carbocycles. The molecular weight excluding hydrogens is 618 g/mol. The fourth-order valence-corrected chi connectivity index (χ4v) is 5.22. The van der Waals surface area contributed by atoms with Crippen LogP contribution in [0.15, 0.2) is 93.9 Å². The van der Waals surface area contributed by atoms with Crippen molar-refractivity contribution in [1.82, 2.24) is 0 Å². The first-order valence-electron chi connectivity index (χ1n) is 11.4. The number of benzene rings is 4. The average Bonchev–Trinajstić information content (AvgIpc) is 2.93. The fourth-order valence-electron chi connectivity index (χ4n) is 3.90. The van der Waals surface area contributed by atoms with Gasteiger partial charge in [0, 0.05) is 22.4 Å². The number of anilines is 1. The van der Waals surface area contributed by atoms with E-state index in [1.54, 1.807) is 68.8 Å². The topological polar surface area (TPSA) is 85.3 Å². The molecule has 0 unspecified atom stereocenters. The van der Waals surface area contributed by atoms with Gasteiger partial charge in [0.05, 0.1) is 23.2 Å². The summed E-state index contributed by atoms with van der Waals surface area (Å²) in [6, 6.07) is 24.8. The summed E-state index contributed by atoms with van der Waals surface area (Å²) in [6.45, 7) is -0.506. The summed E-state index contributed by atoms with van der Waals surface area (Å²) in [5.41, 5.74) is 2.39. The number of carbonyl (C=O) groups excluding carboxylic acids is 1. The molecule has 4 rings (SSSR count). The molecule has 9 heteroatoms. The average molecular weight is 641 g/mol. The molecule has 0 radical (unpaired) electrons. The van der Waals surface area contributed by atoms with Gasteiger partial charge in [-0.25, -0.2) is 0 Å². The molecule has 0 aromatic heterocycles. The molecule has 0 heterocycles. The molecule has 0 spiro atoms. The number of hydrogen-bond acceptors (Lipinski definition) is 5. The smallest absolute Gasteiger partial charge is 0.323 e. The van der Waals surface area contributed by atoms with Gasteiger partial charge >= 0.3 is 5.97 Å². The van der Waals surface area contributed by atoms with Crippen LogP contribution in [0.5, 0.6) is 23.0 Å². The number of aliphatic carboxylic acids is 1. The lowest BCUT2D eigenvalue weighted by atomic mass is 10.0. The van der Waals surface area contributed by atoms with Crippen LogP contribution in [0.3, 0.4) is 0 Å². The molecule has 0 bridgehead atoms. The Kier molecular flexibility index (Phi) is 8.70. The second-order valence-electron chi connectivity index (χ2n) is 8.05. The summed E-state index contributed by atoms with van der Waals surface area (Å²) in [4.78, 5) is 25.9. The van der Waals surface area contributed by atoms with Gasteiger partial charge in [-0.05, 0) is 80.4 Å². The van der Waals surface area contributed by atoms with Crippen LogP contribution in [-0.2, 0) is 4.79 Å². The van der Waals surface area contributed by atoms with E-state index < -0.39 is 18.4 Å². The maximum atomic E-state index is 13.1. The Morgan fingerprint density at radius 3 is 2.03 bits per heavy atom. The van der Waals surface area contributed by atoms with E-state index in [9.17, 15) is 14.7 Å². The van der Waals surface area contributed by atoms with Crippen LogP contribution in [0.2, 0.25) is 0 Å². The van der Waals surface area contributed by atoms with Crippen LogP contribution in [0.25, 0.3) is 11.1 Å². The van der Waals surface area contributed by atoms with Crippen molar-refractivity contribution < 1.29 is 28.9 Å². The molecule has 0 aliphatic heterocycles. The third-order valence-corrected chi connectivity index (χ3v) is 6.82. The van der Waals surface area contributed by atoms with Gasteiger partial charge in [-0.3, -0.25) is 14.5 Å². The maximum absolute atomic E-state index is 13.1. The number of hydrogen-bond donors (Lipinski definition) is 1. The van der Waals surface area contributed by atoms with Crippen molar-refractivity contribution in [1.29, 1.82) is 0 Å². The summed E-state index contributed by atoms with van der Waals surface area (Å²) in [7, 11) is 3.21. The standard InChI is InChI=1S/C29H23Br2NO6/c1-36-25-11-7-6-10-21(25)22-16-20(12-13-26(22)37-2)38-28-23(30)14-19(15-24(28)31)32(17-27(33)34)29(35)18-8-4-3-5-9-18/h3-16H,17H2,1-2H3,(H,33,34). The SMILES string of the molecule is COc1ccccc1-c1cc(Oc2c(Br)cc(N(CC(=O)O)C(=O)c3ccccc3)cc2Br)ccc1OC. The van der Waals surface area contributed by atoms with Crippen molar-refractivity contribution >= 4 is 49.4 Å². The number of para-hydroxylation sites is 1. The summed E-state index contributed by atoms with van der Waals surface area (Å²) < 4.78 is 18.4. The van der Waals surface area contributed by atoms with Gasteiger partial charge in [-0.1, -0.05) is 36.4 Å². The van der Waals surface area contributed by atoms with Gasteiger partial charge in [0.1, 0.15) is 23.8 Å². The molecule has 0 saturated heterocycles. The van der Waals surface area contributed by atoms with Gasteiger partial charge in [0.15, 0.2) is 5.75 Å². The molecule has 0 fully saturated rings. The quantitative estimate of drug-likeness (QED) is 0.205. The van der Waals surface area contributed by atoms with E-state index in [4.69, 9.17) is 14.2 Å². The first-order valence-corrected chi connectivity index (χ1v) is 13.0. The van der Waals surface area contributed by atoms with E-state index in [0.717, 1.165) is 11.1 Å². The lowest BCUT2D eigenvalue weighted by Crippen LogP contribution is -2.35. The molecule has 0 saturated carbocycles. The first-order chi connectivity index (χ1) is 18.3. The van der Waals surface area contributed by atoms with E-state index in [-0.39, 0.29) is 0 Å². The monoisotopic (exact) mass is 639 g/mol. The summed E-state index contributed by atoms with van der Waals surface area (Å²) in [5.74, 6) is 0.757. The van der Waals surface area contributed by atoms with Crippen molar-refractivity contribution in [3.05, 3.63) is 99.4 Å². The highest BCUT2D eigenvalue weighted by Gasteiger charge is 2.23. The largest absolute Gasteiger partial charge is 0.496 e. The lowest BCUT2D eigenvalue weighted by Gasteiger charge is -2.23. The van der Waals surface area contributed by atoms with Crippen LogP contribution in [0.4, 0.5) is 5.69 Å². The molecule has 0 aliphatic carbocycles. The van der Waals surface area contributed by atoms with Gasteiger partial charge in [0.2, 0.25) is 0 Å². The van der Waals surface area contributed by atoms with E-state index in [1.165, 1.54) is 4.90 Å². The van der Waals surface area contributed by atoms with Crippen LogP contribution in [0, 0.1) is 0 Å². The zero-order valence-electron chi connectivity index (χ0n) is 20.5. The Morgan fingerprint density at radius 2 is 1.39 bits per heavy atom. The number of amides is 1. The highest BCUT2D eigenvalue weighted by atomic mass is 79.9. The number of carbonyl (C=O) groups is 2. The molecule has 4 aromatic rings. The third kappa shape index (κ3) is 6.00. The van der Waals surface area contributed by atoms with Crippen LogP contribution in [0.1, 0.15) is 10.4 Å². The fraction of sp³-hybridized carbons (Fsp3) is 0.103. The van der Waals surface area contributed by atoms with Gasteiger partial charge in [0.25, 0.3) is 5.91 Å². The zero-order valence-corrected chi connectivity index (χ0v) is 23.7. The second kappa shape index (κ2) is 12.1. The second-order valence-corrected chi connectivity index (χ2v) is 9.76. The number of methoxy groups -OCH3 is 2. The molecule has 1 N–H and O–H groups in total. The van der Waals surface area contributed by atoms with Crippen molar-refractivity contribution in [2.24, 2.45) is 0 Å². The summed E-state index contributed by atoms with van der Waals surface area (Å²) in [5, 5.41) is 9.47. The van der Waals surface area contributed by atoms with Gasteiger partial charge < -0.3 is 19.3 Å². The molecule has 38 heavy (non-hydrogen) atoms. The number of carboxylic acids is 1. The predicted molar refractivity (Wildman–Crippen MR) is 153 cm³/mol. The maximum Gasteiger partial charge on any atom is 0.323 e. The zero-order chi connectivity index (χ0) is 27.2. The van der Waals surface area contributed by atoms with Gasteiger partial charge in [-0.2, -0.15) is 0 Å². The number of rotatable bonds is 9. The normalized spacial score (nSPS) is 10.5. The number of nitrogens with zero attached hydrogens (tertiary/aromatic N) is 1. The Hall–Kier alpha value is -3.82. The third-order valence-electron chi connectivity index (χ3n) is 5.64. The van der Waals surface area contributed by atoms with E-state index in [0.29, 0.717) is 43.2 Å². The number of halogens is 2. The minimum atomic E-state index is -1.14. The number of carboxylic acid groups (broad SMARTS) is 1. The predicted octanol–water partition coefficient (Wildman–Crippen LogP) is 7.42. The minimum absolute atomic E-state index is 0.378. The van der Waals surface area contributed by atoms with E-state index in [2.05, 4.69) is 31.9 Å². The highest BCUT2D eigenvalue weighted by molar-refractivity contribution is 9.11. The first kappa shape index (κ1) is 27.2. The summed E-state index contributed by atoms with van der Waals surface area (Å²) >= 11 is 7.05. The number of ether oxygens (including phenoxy) is 3. The summed E-state index contributed by atoms with van der Waals surface area (Å²) in [6.07, 6.45) is 0. The van der Waals surface area contributed by atoms with Gasteiger partial charge in [-0.15, -0.1) is 0 Å².